The molecule has 1 aliphatic rings. The topological polar surface area (TPSA) is 81.1 Å². The summed E-state index contributed by atoms with van der Waals surface area (Å²) in [5.41, 5.74) is 4.12. The first-order chi connectivity index (χ1) is 11.6. The molecular weight excluding hydrogens is 306 g/mol. The van der Waals surface area contributed by atoms with Gasteiger partial charge in [-0.1, -0.05) is 0 Å². The fraction of sp³-hybridized carbons (Fsp3) is 0.588. The molecule has 2 N–H and O–H groups in total. The molecule has 0 bridgehead atoms. The molecule has 0 aromatic carbocycles. The highest BCUT2D eigenvalue weighted by Crippen LogP contribution is 2.27. The highest BCUT2D eigenvalue weighted by atomic mass is 16.5. The normalized spacial score (nSPS) is 15.5. The largest absolute Gasteiger partial charge is 0.453 e. The first-order valence-corrected chi connectivity index (χ1v) is 8.49. The summed E-state index contributed by atoms with van der Waals surface area (Å²) in [6.07, 6.45) is 4.76. The van der Waals surface area contributed by atoms with Gasteiger partial charge in [0.25, 0.3) is 0 Å². The Bertz CT molecular complexity index is 723. The molecule has 0 saturated heterocycles. The van der Waals surface area contributed by atoms with Gasteiger partial charge in [-0.15, -0.1) is 0 Å². The van der Waals surface area contributed by atoms with E-state index in [1.165, 1.54) is 20.0 Å². The molecule has 1 aliphatic carbocycles. The SMILES string of the molecule is COC(=O)NCCCn1nc(C(C)NC2CC2)c2ncc(C)cc21. The lowest BCUT2D eigenvalue weighted by Crippen LogP contribution is -2.25. The molecule has 7 heteroatoms. The molecule has 0 radical (unpaired) electrons. The van der Waals surface area contributed by atoms with Crippen molar-refractivity contribution in [2.45, 2.75) is 51.7 Å². The Morgan fingerprint density at radius 2 is 2.29 bits per heavy atom. The number of methoxy groups -OCH3 is 1. The molecule has 1 fully saturated rings. The second kappa shape index (κ2) is 7.17. The van der Waals surface area contributed by atoms with Crippen LogP contribution in [0.1, 0.15) is 43.5 Å². The number of hydrogen-bond acceptors (Lipinski definition) is 5. The van der Waals surface area contributed by atoms with Crippen molar-refractivity contribution >= 4 is 17.1 Å². The van der Waals surface area contributed by atoms with E-state index in [1.807, 2.05) is 17.8 Å². The number of ether oxygens (including phenoxy) is 1. The lowest BCUT2D eigenvalue weighted by molar-refractivity contribution is 0.170. The summed E-state index contributed by atoms with van der Waals surface area (Å²) >= 11 is 0. The minimum absolute atomic E-state index is 0.185. The molecule has 1 saturated carbocycles. The highest BCUT2D eigenvalue weighted by Gasteiger charge is 2.26. The van der Waals surface area contributed by atoms with Crippen LogP contribution >= 0.6 is 0 Å². The second-order valence-corrected chi connectivity index (χ2v) is 6.42. The number of alkyl carbamates (subject to hydrolysis) is 1. The average molecular weight is 331 g/mol. The molecule has 1 amide bonds. The third kappa shape index (κ3) is 3.84. The Hall–Kier alpha value is -2.15. The third-order valence-corrected chi connectivity index (χ3v) is 4.23. The monoisotopic (exact) mass is 331 g/mol. The maximum Gasteiger partial charge on any atom is 0.406 e. The number of nitrogens with one attached hydrogen (secondary N) is 2. The van der Waals surface area contributed by atoms with Gasteiger partial charge in [-0.05, 0) is 44.7 Å². The Labute approximate surface area is 141 Å². The second-order valence-electron chi connectivity index (χ2n) is 6.42. The number of carbonyl (C=O) groups is 1. The quantitative estimate of drug-likeness (QED) is 0.761. The van der Waals surface area contributed by atoms with E-state index in [0.29, 0.717) is 12.6 Å². The first kappa shape index (κ1) is 16.7. The fourth-order valence-corrected chi connectivity index (χ4v) is 2.82. The minimum Gasteiger partial charge on any atom is -0.453 e. The number of carbonyl (C=O) groups excluding carboxylic acids is 1. The summed E-state index contributed by atoms with van der Waals surface area (Å²) in [5, 5.41) is 11.1. The van der Waals surface area contributed by atoms with E-state index in [0.717, 1.165) is 35.3 Å². The Kier molecular flexibility index (Phi) is 4.99. The summed E-state index contributed by atoms with van der Waals surface area (Å²) in [7, 11) is 1.37. The van der Waals surface area contributed by atoms with Crippen molar-refractivity contribution in [3.63, 3.8) is 0 Å². The van der Waals surface area contributed by atoms with Crippen LogP contribution in [0.4, 0.5) is 4.79 Å². The molecule has 0 spiro atoms. The van der Waals surface area contributed by atoms with Gasteiger partial charge < -0.3 is 15.4 Å². The van der Waals surface area contributed by atoms with Gasteiger partial charge in [-0.2, -0.15) is 5.10 Å². The zero-order valence-electron chi connectivity index (χ0n) is 14.5. The highest BCUT2D eigenvalue weighted by molar-refractivity contribution is 5.78. The Morgan fingerprint density at radius 3 is 3.00 bits per heavy atom. The number of pyridine rings is 1. The van der Waals surface area contributed by atoms with Crippen molar-refractivity contribution in [1.82, 2.24) is 25.4 Å². The number of rotatable bonds is 7. The van der Waals surface area contributed by atoms with Crippen molar-refractivity contribution in [2.24, 2.45) is 0 Å². The van der Waals surface area contributed by atoms with E-state index in [4.69, 9.17) is 5.10 Å². The van der Waals surface area contributed by atoms with Crippen LogP contribution in [-0.4, -0.2) is 40.6 Å². The van der Waals surface area contributed by atoms with Crippen LogP contribution < -0.4 is 10.6 Å². The zero-order valence-corrected chi connectivity index (χ0v) is 14.5. The number of aryl methyl sites for hydroxylation is 2. The summed E-state index contributed by atoms with van der Waals surface area (Å²) in [4.78, 5) is 15.7. The summed E-state index contributed by atoms with van der Waals surface area (Å²) in [6.45, 7) is 5.46. The number of nitrogens with zero attached hydrogens (tertiary/aromatic N) is 3. The molecule has 7 nitrogen and oxygen atoms in total. The van der Waals surface area contributed by atoms with E-state index in [2.05, 4.69) is 33.3 Å². The number of hydrogen-bond donors (Lipinski definition) is 2. The predicted octanol–water partition coefficient (Wildman–Crippen LogP) is 2.30. The molecular formula is C17H25N5O2. The van der Waals surface area contributed by atoms with Gasteiger partial charge in [-0.3, -0.25) is 9.67 Å². The maximum atomic E-state index is 11.1. The number of amides is 1. The van der Waals surface area contributed by atoms with Crippen LogP contribution in [0.2, 0.25) is 0 Å². The molecule has 3 rings (SSSR count). The molecule has 24 heavy (non-hydrogen) atoms. The van der Waals surface area contributed by atoms with Gasteiger partial charge >= 0.3 is 6.09 Å². The van der Waals surface area contributed by atoms with E-state index >= 15 is 0 Å². The van der Waals surface area contributed by atoms with Gasteiger partial charge in [0.15, 0.2) is 0 Å². The Morgan fingerprint density at radius 1 is 1.50 bits per heavy atom. The lowest BCUT2D eigenvalue weighted by Gasteiger charge is -2.10. The van der Waals surface area contributed by atoms with Crippen molar-refractivity contribution < 1.29 is 9.53 Å². The van der Waals surface area contributed by atoms with E-state index in [9.17, 15) is 4.79 Å². The van der Waals surface area contributed by atoms with Gasteiger partial charge in [0.2, 0.25) is 0 Å². The summed E-state index contributed by atoms with van der Waals surface area (Å²) < 4.78 is 6.57. The molecule has 130 valence electrons. The molecule has 2 aromatic rings. The van der Waals surface area contributed by atoms with Crippen LogP contribution in [0.5, 0.6) is 0 Å². The lowest BCUT2D eigenvalue weighted by atomic mass is 10.2. The van der Waals surface area contributed by atoms with Crippen molar-refractivity contribution in [3.8, 4) is 0 Å². The van der Waals surface area contributed by atoms with Gasteiger partial charge in [0.05, 0.1) is 18.7 Å². The van der Waals surface area contributed by atoms with Gasteiger partial charge in [0, 0.05) is 25.3 Å². The maximum absolute atomic E-state index is 11.1. The fourth-order valence-electron chi connectivity index (χ4n) is 2.82. The third-order valence-electron chi connectivity index (χ3n) is 4.23. The molecule has 1 unspecified atom stereocenters. The van der Waals surface area contributed by atoms with Crippen molar-refractivity contribution in [1.29, 1.82) is 0 Å². The molecule has 0 aliphatic heterocycles. The summed E-state index contributed by atoms with van der Waals surface area (Å²) in [5.74, 6) is 0. The average Bonchev–Trinajstić information content (AvgIpc) is 3.31. The summed E-state index contributed by atoms with van der Waals surface area (Å²) in [6, 6.07) is 2.93. The number of fused-ring (bicyclic) bond motifs is 1. The van der Waals surface area contributed by atoms with E-state index < -0.39 is 6.09 Å². The predicted molar refractivity (Wildman–Crippen MR) is 91.9 cm³/mol. The number of aromatic nitrogens is 3. The first-order valence-electron chi connectivity index (χ1n) is 8.49. The van der Waals surface area contributed by atoms with Crippen LogP contribution in [-0.2, 0) is 11.3 Å². The van der Waals surface area contributed by atoms with Crippen LogP contribution in [0.15, 0.2) is 12.3 Å². The smallest absolute Gasteiger partial charge is 0.406 e. The van der Waals surface area contributed by atoms with Crippen LogP contribution in [0.25, 0.3) is 11.0 Å². The van der Waals surface area contributed by atoms with Gasteiger partial charge in [0.1, 0.15) is 11.2 Å². The molecule has 1 atom stereocenters. The zero-order chi connectivity index (χ0) is 17.1. The van der Waals surface area contributed by atoms with Crippen LogP contribution in [0, 0.1) is 6.92 Å². The minimum atomic E-state index is -0.402. The van der Waals surface area contributed by atoms with Crippen LogP contribution in [0.3, 0.4) is 0 Å². The van der Waals surface area contributed by atoms with Gasteiger partial charge in [-0.25, -0.2) is 4.79 Å². The molecule has 2 aromatic heterocycles. The van der Waals surface area contributed by atoms with Crippen molar-refractivity contribution in [3.05, 3.63) is 23.5 Å². The van der Waals surface area contributed by atoms with E-state index in [1.54, 1.807) is 0 Å². The van der Waals surface area contributed by atoms with Crippen molar-refractivity contribution in [2.75, 3.05) is 13.7 Å². The standard InChI is InChI=1S/C17H25N5O2/c1-11-9-14-16(19-10-11)15(12(2)20-13-5-6-13)21-22(14)8-4-7-18-17(23)24-3/h9-10,12-13,20H,4-8H2,1-3H3,(H,18,23). The molecule has 2 heterocycles. The Balaban J connectivity index is 1.75. The van der Waals surface area contributed by atoms with E-state index in [-0.39, 0.29) is 6.04 Å².